The highest BCUT2D eigenvalue weighted by molar-refractivity contribution is 7.09. The van der Waals surface area contributed by atoms with Crippen molar-refractivity contribution in [2.24, 2.45) is 5.41 Å². The van der Waals surface area contributed by atoms with Gasteiger partial charge < -0.3 is 4.74 Å². The Balaban J connectivity index is 1.54. The van der Waals surface area contributed by atoms with E-state index < -0.39 is 0 Å². The molecule has 1 aliphatic heterocycles. The van der Waals surface area contributed by atoms with Crippen molar-refractivity contribution in [1.29, 1.82) is 0 Å². The molecule has 5 heteroatoms. The molecule has 0 atom stereocenters. The second-order valence-electron chi connectivity index (χ2n) is 7.20. The Labute approximate surface area is 155 Å². The molecule has 0 unspecified atom stereocenters. The number of hydrogen-bond acceptors (Lipinski definition) is 4. The first-order chi connectivity index (χ1) is 12.2. The van der Waals surface area contributed by atoms with Crippen molar-refractivity contribution >= 4 is 11.3 Å². The van der Waals surface area contributed by atoms with Gasteiger partial charge in [-0.25, -0.2) is 0 Å². The summed E-state index contributed by atoms with van der Waals surface area (Å²) in [4.78, 5) is 4.08. The minimum absolute atomic E-state index is 0.351. The average Bonchev–Trinajstić information content (AvgIpc) is 3.32. The zero-order valence-electron chi connectivity index (χ0n) is 15.6. The van der Waals surface area contributed by atoms with Gasteiger partial charge in [0, 0.05) is 36.3 Å². The van der Waals surface area contributed by atoms with Gasteiger partial charge >= 0.3 is 0 Å². The lowest BCUT2D eigenvalue weighted by Gasteiger charge is -2.41. The first kappa shape index (κ1) is 18.6. The number of aryl methyl sites for hydroxylation is 2. The topological polar surface area (TPSA) is 30.3 Å². The van der Waals surface area contributed by atoms with Gasteiger partial charge in [0.05, 0.1) is 12.8 Å². The van der Waals surface area contributed by atoms with Crippen LogP contribution in [0, 0.1) is 5.41 Å². The Morgan fingerprint density at radius 1 is 1.28 bits per heavy atom. The van der Waals surface area contributed by atoms with E-state index in [0.29, 0.717) is 5.41 Å². The summed E-state index contributed by atoms with van der Waals surface area (Å²) < 4.78 is 7.90. The van der Waals surface area contributed by atoms with E-state index in [-0.39, 0.29) is 0 Å². The van der Waals surface area contributed by atoms with E-state index in [0.717, 1.165) is 39.4 Å². The zero-order valence-corrected chi connectivity index (χ0v) is 16.4. The van der Waals surface area contributed by atoms with Crippen LogP contribution in [0.15, 0.2) is 29.9 Å². The van der Waals surface area contributed by atoms with E-state index in [2.05, 4.69) is 47.6 Å². The summed E-state index contributed by atoms with van der Waals surface area (Å²) >= 11 is 1.88. The third kappa shape index (κ3) is 5.16. The van der Waals surface area contributed by atoms with Gasteiger partial charge in [-0.3, -0.25) is 9.58 Å². The second-order valence-corrected chi connectivity index (χ2v) is 8.23. The number of aromatic nitrogens is 2. The average molecular weight is 362 g/mol. The smallest absolute Gasteiger partial charge is 0.0534 e. The van der Waals surface area contributed by atoms with E-state index in [1.54, 1.807) is 0 Å². The molecule has 1 aliphatic rings. The Morgan fingerprint density at radius 3 is 2.76 bits per heavy atom. The lowest BCUT2D eigenvalue weighted by molar-refractivity contribution is -0.00221. The number of nitrogens with zero attached hydrogens (tertiary/aromatic N) is 3. The zero-order chi connectivity index (χ0) is 17.5. The third-order valence-electron chi connectivity index (χ3n) is 5.43. The maximum absolute atomic E-state index is 5.89. The van der Waals surface area contributed by atoms with Crippen LogP contribution in [0.4, 0.5) is 0 Å². The highest BCUT2D eigenvalue weighted by Crippen LogP contribution is 2.37. The number of hydrogen-bond donors (Lipinski definition) is 0. The molecule has 2 aromatic rings. The summed E-state index contributed by atoms with van der Waals surface area (Å²) in [6.07, 6.45) is 9.10. The summed E-state index contributed by atoms with van der Waals surface area (Å²) in [5, 5.41) is 6.58. The molecule has 0 saturated carbocycles. The molecule has 3 rings (SSSR count). The standard InChI is InChI=1S/C20H31N3OS/c1-3-23-16-18(14-21-23)15-22-11-9-20(10-12-22,17-24-4-2)8-7-19-6-5-13-25-19/h5-6,13-14,16H,3-4,7-12,15,17H2,1-2H3. The minimum atomic E-state index is 0.351. The molecule has 0 aliphatic carbocycles. The van der Waals surface area contributed by atoms with E-state index in [1.807, 2.05) is 22.2 Å². The molecular weight excluding hydrogens is 330 g/mol. The number of ether oxygens (including phenoxy) is 1. The van der Waals surface area contributed by atoms with Gasteiger partial charge in [0.15, 0.2) is 0 Å². The molecule has 25 heavy (non-hydrogen) atoms. The van der Waals surface area contributed by atoms with Crippen molar-refractivity contribution in [2.45, 2.75) is 52.6 Å². The van der Waals surface area contributed by atoms with Gasteiger partial charge in [-0.05, 0) is 69.5 Å². The molecule has 0 N–H and O–H groups in total. The largest absolute Gasteiger partial charge is 0.381 e. The fourth-order valence-corrected chi connectivity index (χ4v) is 4.44. The number of rotatable bonds is 9. The van der Waals surface area contributed by atoms with Gasteiger partial charge in [-0.2, -0.15) is 5.10 Å². The molecule has 0 spiro atoms. The predicted octanol–water partition coefficient (Wildman–Crippen LogP) is 4.22. The monoisotopic (exact) mass is 361 g/mol. The van der Waals surface area contributed by atoms with Crippen molar-refractivity contribution in [3.05, 3.63) is 40.3 Å². The second kappa shape index (κ2) is 8.97. The maximum Gasteiger partial charge on any atom is 0.0534 e. The molecule has 0 bridgehead atoms. The lowest BCUT2D eigenvalue weighted by atomic mass is 9.75. The number of thiophene rings is 1. The lowest BCUT2D eigenvalue weighted by Crippen LogP contribution is -2.42. The molecule has 138 valence electrons. The van der Waals surface area contributed by atoms with Gasteiger partial charge in [-0.1, -0.05) is 6.07 Å². The van der Waals surface area contributed by atoms with Crippen molar-refractivity contribution < 1.29 is 4.74 Å². The maximum atomic E-state index is 5.89. The molecule has 2 aromatic heterocycles. The van der Waals surface area contributed by atoms with Crippen molar-refractivity contribution in [2.75, 3.05) is 26.3 Å². The van der Waals surface area contributed by atoms with Gasteiger partial charge in [0.1, 0.15) is 0 Å². The van der Waals surface area contributed by atoms with Gasteiger partial charge in [0.2, 0.25) is 0 Å². The molecule has 1 fully saturated rings. The fraction of sp³-hybridized carbons (Fsp3) is 0.650. The van der Waals surface area contributed by atoms with E-state index in [4.69, 9.17) is 4.74 Å². The summed E-state index contributed by atoms with van der Waals surface area (Å²) in [6.45, 7) is 10.3. The molecule has 1 saturated heterocycles. The molecular formula is C20H31N3OS. The molecule has 0 amide bonds. The molecule has 4 nitrogen and oxygen atoms in total. The van der Waals surface area contributed by atoms with E-state index in [9.17, 15) is 0 Å². The SMILES string of the molecule is CCOCC1(CCc2cccs2)CCN(Cc2cnn(CC)c2)CC1. The van der Waals surface area contributed by atoms with Crippen LogP contribution in [0.1, 0.15) is 43.6 Å². The van der Waals surface area contributed by atoms with Crippen LogP contribution in [-0.4, -0.2) is 41.0 Å². The first-order valence-electron chi connectivity index (χ1n) is 9.57. The highest BCUT2D eigenvalue weighted by Gasteiger charge is 2.34. The Bertz CT molecular complexity index is 615. The van der Waals surface area contributed by atoms with Crippen LogP contribution >= 0.6 is 11.3 Å². The fourth-order valence-electron chi connectivity index (χ4n) is 3.73. The van der Waals surface area contributed by atoms with Crippen molar-refractivity contribution in [3.8, 4) is 0 Å². The Kier molecular flexibility index (Phi) is 6.68. The van der Waals surface area contributed by atoms with Crippen LogP contribution in [0.3, 0.4) is 0 Å². The summed E-state index contributed by atoms with van der Waals surface area (Å²) in [5.41, 5.74) is 1.68. The van der Waals surface area contributed by atoms with Crippen LogP contribution < -0.4 is 0 Å². The number of piperidine rings is 1. The third-order valence-corrected chi connectivity index (χ3v) is 6.36. The highest BCUT2D eigenvalue weighted by atomic mass is 32.1. The first-order valence-corrected chi connectivity index (χ1v) is 10.4. The predicted molar refractivity (Wildman–Crippen MR) is 104 cm³/mol. The summed E-state index contributed by atoms with van der Waals surface area (Å²) in [7, 11) is 0. The van der Waals surface area contributed by atoms with Crippen LogP contribution in [-0.2, 0) is 24.2 Å². The summed E-state index contributed by atoms with van der Waals surface area (Å²) in [6, 6.07) is 4.42. The normalized spacial score (nSPS) is 17.8. The van der Waals surface area contributed by atoms with E-state index in [1.165, 1.54) is 36.1 Å². The van der Waals surface area contributed by atoms with Crippen molar-refractivity contribution in [1.82, 2.24) is 14.7 Å². The Morgan fingerprint density at radius 2 is 2.12 bits per heavy atom. The van der Waals surface area contributed by atoms with Gasteiger partial charge in [0.25, 0.3) is 0 Å². The molecule has 0 radical (unpaired) electrons. The van der Waals surface area contributed by atoms with Crippen LogP contribution in [0.25, 0.3) is 0 Å². The molecule has 0 aromatic carbocycles. The van der Waals surface area contributed by atoms with Crippen LogP contribution in [0.2, 0.25) is 0 Å². The van der Waals surface area contributed by atoms with Gasteiger partial charge in [-0.15, -0.1) is 11.3 Å². The van der Waals surface area contributed by atoms with E-state index >= 15 is 0 Å². The number of likely N-dealkylation sites (tertiary alicyclic amines) is 1. The van der Waals surface area contributed by atoms with Crippen LogP contribution in [0.5, 0.6) is 0 Å². The minimum Gasteiger partial charge on any atom is -0.381 e. The Hall–Kier alpha value is -1.17. The summed E-state index contributed by atoms with van der Waals surface area (Å²) in [5.74, 6) is 0. The van der Waals surface area contributed by atoms with Crippen molar-refractivity contribution in [3.63, 3.8) is 0 Å². The quantitative estimate of drug-likeness (QED) is 0.670. The molecule has 3 heterocycles.